The van der Waals surface area contributed by atoms with E-state index in [2.05, 4.69) is 17.2 Å². The summed E-state index contributed by atoms with van der Waals surface area (Å²) in [7, 11) is 0. The van der Waals surface area contributed by atoms with E-state index >= 15 is 0 Å². The van der Waals surface area contributed by atoms with Crippen LogP contribution in [0.5, 0.6) is 0 Å². The van der Waals surface area contributed by atoms with Crippen molar-refractivity contribution in [2.24, 2.45) is 0 Å². The van der Waals surface area contributed by atoms with Crippen molar-refractivity contribution in [1.82, 2.24) is 10.6 Å². The fraction of sp³-hybridized carbons (Fsp3) is 0.286. The van der Waals surface area contributed by atoms with Gasteiger partial charge in [-0.05, 0) is 12.1 Å². The van der Waals surface area contributed by atoms with Gasteiger partial charge in [-0.3, -0.25) is 4.79 Å². The molecule has 1 aliphatic heterocycles. The molecule has 1 heterocycles. The second kappa shape index (κ2) is 6.04. The Morgan fingerprint density at radius 3 is 2.84 bits per heavy atom. The van der Waals surface area contributed by atoms with Crippen molar-refractivity contribution >= 4 is 17.6 Å². The van der Waals surface area contributed by atoms with Crippen molar-refractivity contribution in [2.75, 3.05) is 18.0 Å². The average molecular weight is 259 g/mol. The monoisotopic (exact) mass is 259 g/mol. The number of urea groups is 1. The number of rotatable bonds is 4. The first-order valence-electron chi connectivity index (χ1n) is 6.21. The van der Waals surface area contributed by atoms with Gasteiger partial charge in [0.2, 0.25) is 5.91 Å². The zero-order chi connectivity index (χ0) is 13.7. The van der Waals surface area contributed by atoms with E-state index in [0.717, 1.165) is 5.69 Å². The quantitative estimate of drug-likeness (QED) is 0.800. The second-order valence-corrected chi connectivity index (χ2v) is 4.38. The van der Waals surface area contributed by atoms with Crippen molar-refractivity contribution in [3.63, 3.8) is 0 Å². The maximum atomic E-state index is 11.9. The molecule has 1 aromatic carbocycles. The summed E-state index contributed by atoms with van der Waals surface area (Å²) in [5, 5.41) is 5.41. The van der Waals surface area contributed by atoms with Crippen LogP contribution in [0.15, 0.2) is 43.0 Å². The Labute approximate surface area is 112 Å². The highest BCUT2D eigenvalue weighted by Crippen LogP contribution is 2.20. The molecule has 3 amide bonds. The molecule has 2 N–H and O–H groups in total. The highest BCUT2D eigenvalue weighted by Gasteiger charge is 2.31. The van der Waals surface area contributed by atoms with Gasteiger partial charge in [0, 0.05) is 25.2 Å². The Hall–Kier alpha value is -2.30. The lowest BCUT2D eigenvalue weighted by Gasteiger charge is -2.17. The Balaban J connectivity index is 1.92. The summed E-state index contributed by atoms with van der Waals surface area (Å²) in [4.78, 5) is 25.1. The van der Waals surface area contributed by atoms with Crippen molar-refractivity contribution in [3.8, 4) is 0 Å². The van der Waals surface area contributed by atoms with E-state index in [1.54, 1.807) is 11.0 Å². The average Bonchev–Trinajstić information content (AvgIpc) is 2.78. The minimum Gasteiger partial charge on any atom is -0.335 e. The summed E-state index contributed by atoms with van der Waals surface area (Å²) in [6.45, 7) is 4.44. The van der Waals surface area contributed by atoms with Gasteiger partial charge in [-0.25, -0.2) is 4.79 Å². The number of benzene rings is 1. The molecule has 1 aliphatic rings. The molecule has 0 aliphatic carbocycles. The van der Waals surface area contributed by atoms with Crippen LogP contribution in [-0.4, -0.2) is 31.1 Å². The number of carbonyl (C=O) groups is 2. The molecule has 19 heavy (non-hydrogen) atoms. The van der Waals surface area contributed by atoms with Gasteiger partial charge in [0.1, 0.15) is 0 Å². The molecule has 0 saturated carbocycles. The topological polar surface area (TPSA) is 61.4 Å². The van der Waals surface area contributed by atoms with Crippen LogP contribution in [0.1, 0.15) is 6.42 Å². The van der Waals surface area contributed by atoms with Gasteiger partial charge in [-0.15, -0.1) is 6.58 Å². The molecule has 0 radical (unpaired) electrons. The Kier molecular flexibility index (Phi) is 4.18. The van der Waals surface area contributed by atoms with Crippen LogP contribution in [0.25, 0.3) is 0 Å². The molecule has 1 saturated heterocycles. The van der Waals surface area contributed by atoms with Gasteiger partial charge in [0.25, 0.3) is 0 Å². The number of hydrogen-bond donors (Lipinski definition) is 2. The van der Waals surface area contributed by atoms with E-state index in [9.17, 15) is 9.59 Å². The lowest BCUT2D eigenvalue weighted by molar-refractivity contribution is -0.117. The SMILES string of the molecule is C=CCNC(=O)N[C@@H]1CC(=O)N(c2ccccc2)C1. The normalized spacial score (nSPS) is 18.2. The van der Waals surface area contributed by atoms with Crippen molar-refractivity contribution < 1.29 is 9.59 Å². The molecular formula is C14H17N3O2. The van der Waals surface area contributed by atoms with Gasteiger partial charge in [-0.1, -0.05) is 24.3 Å². The molecule has 1 aromatic rings. The summed E-state index contributed by atoms with van der Waals surface area (Å²) in [5.41, 5.74) is 0.864. The molecular weight excluding hydrogens is 242 g/mol. The highest BCUT2D eigenvalue weighted by molar-refractivity contribution is 5.96. The molecule has 0 bridgehead atoms. The molecule has 5 nitrogen and oxygen atoms in total. The molecule has 0 aromatic heterocycles. The van der Waals surface area contributed by atoms with Gasteiger partial charge in [-0.2, -0.15) is 0 Å². The van der Waals surface area contributed by atoms with Crippen LogP contribution in [0.3, 0.4) is 0 Å². The third-order valence-electron chi connectivity index (χ3n) is 2.94. The maximum absolute atomic E-state index is 11.9. The fourth-order valence-corrected chi connectivity index (χ4v) is 2.06. The summed E-state index contributed by atoms with van der Waals surface area (Å²) in [6, 6.07) is 9.03. The summed E-state index contributed by atoms with van der Waals surface area (Å²) < 4.78 is 0. The highest BCUT2D eigenvalue weighted by atomic mass is 16.2. The third kappa shape index (κ3) is 3.34. The van der Waals surface area contributed by atoms with E-state index in [0.29, 0.717) is 19.5 Å². The molecule has 100 valence electrons. The van der Waals surface area contributed by atoms with E-state index in [1.807, 2.05) is 30.3 Å². The standard InChI is InChI=1S/C14H17N3O2/c1-2-8-15-14(19)16-11-9-13(18)17(10-11)12-6-4-3-5-7-12/h2-7,11H,1,8-10H2,(H2,15,16,19)/t11-/m1/s1. The van der Waals surface area contributed by atoms with Crippen molar-refractivity contribution in [3.05, 3.63) is 43.0 Å². The maximum Gasteiger partial charge on any atom is 0.315 e. The lowest BCUT2D eigenvalue weighted by Crippen LogP contribution is -2.43. The number of hydrogen-bond acceptors (Lipinski definition) is 2. The zero-order valence-corrected chi connectivity index (χ0v) is 10.6. The van der Waals surface area contributed by atoms with Crippen LogP contribution in [0, 0.1) is 0 Å². The number of nitrogens with one attached hydrogen (secondary N) is 2. The van der Waals surface area contributed by atoms with E-state index in [-0.39, 0.29) is 18.0 Å². The minimum atomic E-state index is -0.271. The number of nitrogens with zero attached hydrogens (tertiary/aromatic N) is 1. The lowest BCUT2D eigenvalue weighted by atomic mass is 10.2. The molecule has 1 fully saturated rings. The number of carbonyl (C=O) groups excluding carboxylic acids is 2. The van der Waals surface area contributed by atoms with Crippen LogP contribution in [-0.2, 0) is 4.79 Å². The van der Waals surface area contributed by atoms with Crippen LogP contribution < -0.4 is 15.5 Å². The van der Waals surface area contributed by atoms with E-state index in [1.165, 1.54) is 0 Å². The third-order valence-corrected chi connectivity index (χ3v) is 2.94. The van der Waals surface area contributed by atoms with Gasteiger partial charge < -0.3 is 15.5 Å². The van der Waals surface area contributed by atoms with Crippen LogP contribution in [0.4, 0.5) is 10.5 Å². The fourth-order valence-electron chi connectivity index (χ4n) is 2.06. The first kappa shape index (κ1) is 13.1. The zero-order valence-electron chi connectivity index (χ0n) is 10.6. The van der Waals surface area contributed by atoms with Crippen molar-refractivity contribution in [1.29, 1.82) is 0 Å². The predicted molar refractivity (Wildman–Crippen MR) is 73.9 cm³/mol. The molecule has 0 unspecified atom stereocenters. The first-order valence-corrected chi connectivity index (χ1v) is 6.21. The second-order valence-electron chi connectivity index (χ2n) is 4.38. The number of para-hydroxylation sites is 1. The smallest absolute Gasteiger partial charge is 0.315 e. The Morgan fingerprint density at radius 2 is 2.16 bits per heavy atom. The summed E-state index contributed by atoms with van der Waals surface area (Å²) >= 11 is 0. The predicted octanol–water partition coefficient (Wildman–Crippen LogP) is 1.28. The largest absolute Gasteiger partial charge is 0.335 e. The van der Waals surface area contributed by atoms with Gasteiger partial charge >= 0.3 is 6.03 Å². The summed E-state index contributed by atoms with van der Waals surface area (Å²) in [5.74, 6) is 0.0280. The van der Waals surface area contributed by atoms with Gasteiger partial charge in [0.05, 0.1) is 6.04 Å². The molecule has 0 spiro atoms. The number of anilines is 1. The molecule has 2 rings (SSSR count). The minimum absolute atomic E-state index is 0.0280. The van der Waals surface area contributed by atoms with Crippen molar-refractivity contribution in [2.45, 2.75) is 12.5 Å². The van der Waals surface area contributed by atoms with Gasteiger partial charge in [0.15, 0.2) is 0 Å². The van der Waals surface area contributed by atoms with Crippen LogP contribution >= 0.6 is 0 Å². The van der Waals surface area contributed by atoms with E-state index < -0.39 is 0 Å². The molecule has 5 heteroatoms. The summed E-state index contributed by atoms with van der Waals surface area (Å²) in [6.07, 6.45) is 1.94. The Morgan fingerprint density at radius 1 is 1.42 bits per heavy atom. The van der Waals surface area contributed by atoms with Crippen LogP contribution in [0.2, 0.25) is 0 Å². The Bertz CT molecular complexity index is 473. The number of amides is 3. The van der Waals surface area contributed by atoms with E-state index in [4.69, 9.17) is 0 Å². The first-order chi connectivity index (χ1) is 9.20. The molecule has 1 atom stereocenters.